The van der Waals surface area contributed by atoms with Gasteiger partial charge in [0.1, 0.15) is 17.5 Å². The molecule has 3 N–H and O–H groups in total. The second kappa shape index (κ2) is 5.95. The first-order valence-electron chi connectivity index (χ1n) is 5.81. The third-order valence-electron chi connectivity index (χ3n) is 3.00. The first kappa shape index (κ1) is 15.0. The van der Waals surface area contributed by atoms with Crippen LogP contribution in [0.4, 0.5) is 13.2 Å². The second-order valence-electron chi connectivity index (χ2n) is 4.38. The van der Waals surface area contributed by atoms with Crippen molar-refractivity contribution in [3.8, 4) is 0 Å². The van der Waals surface area contributed by atoms with Crippen molar-refractivity contribution in [1.82, 2.24) is 5.43 Å². The lowest BCUT2D eigenvalue weighted by Crippen LogP contribution is -2.31. The van der Waals surface area contributed by atoms with Crippen molar-refractivity contribution in [2.45, 2.75) is 13.0 Å². The summed E-state index contributed by atoms with van der Waals surface area (Å²) in [5.74, 6) is 3.18. The average molecular weight is 345 g/mol. The van der Waals surface area contributed by atoms with Crippen LogP contribution in [0.2, 0.25) is 0 Å². The topological polar surface area (TPSA) is 38.0 Å². The zero-order chi connectivity index (χ0) is 14.9. The van der Waals surface area contributed by atoms with Gasteiger partial charge < -0.3 is 0 Å². The Hall–Kier alpha value is -1.37. The van der Waals surface area contributed by atoms with Crippen LogP contribution in [0.1, 0.15) is 22.7 Å². The van der Waals surface area contributed by atoms with Crippen LogP contribution >= 0.6 is 15.9 Å². The van der Waals surface area contributed by atoms with Crippen LogP contribution in [0.25, 0.3) is 0 Å². The van der Waals surface area contributed by atoms with Crippen LogP contribution in [0.5, 0.6) is 0 Å². The number of aryl methyl sites for hydroxylation is 1. The molecule has 0 aliphatic carbocycles. The van der Waals surface area contributed by atoms with E-state index in [0.717, 1.165) is 11.6 Å². The monoisotopic (exact) mass is 344 g/mol. The molecule has 2 rings (SSSR count). The number of nitrogens with one attached hydrogen (secondary N) is 1. The van der Waals surface area contributed by atoms with Crippen LogP contribution in [-0.2, 0) is 0 Å². The minimum atomic E-state index is -1.12. The minimum Gasteiger partial charge on any atom is -0.271 e. The molecule has 6 heteroatoms. The molecular formula is C14H12BrF3N2. The highest BCUT2D eigenvalue weighted by Gasteiger charge is 2.25. The molecule has 0 bridgehead atoms. The number of rotatable bonds is 3. The normalized spacial score (nSPS) is 12.5. The van der Waals surface area contributed by atoms with E-state index in [0.29, 0.717) is 0 Å². The first-order valence-corrected chi connectivity index (χ1v) is 6.60. The highest BCUT2D eigenvalue weighted by Crippen LogP contribution is 2.31. The van der Waals surface area contributed by atoms with E-state index in [1.54, 1.807) is 13.0 Å². The number of hydrogen-bond donors (Lipinski definition) is 2. The summed E-state index contributed by atoms with van der Waals surface area (Å²) in [6.45, 7) is 1.75. The van der Waals surface area contributed by atoms with Crippen LogP contribution in [-0.4, -0.2) is 0 Å². The molecular weight excluding hydrogens is 333 g/mol. The van der Waals surface area contributed by atoms with E-state index >= 15 is 0 Å². The van der Waals surface area contributed by atoms with Gasteiger partial charge >= 0.3 is 0 Å². The van der Waals surface area contributed by atoms with Crippen LogP contribution < -0.4 is 11.3 Å². The van der Waals surface area contributed by atoms with Crippen LogP contribution in [0, 0.1) is 24.4 Å². The van der Waals surface area contributed by atoms with Crippen molar-refractivity contribution < 1.29 is 13.2 Å². The van der Waals surface area contributed by atoms with Crippen molar-refractivity contribution in [2.75, 3.05) is 0 Å². The van der Waals surface area contributed by atoms with Crippen molar-refractivity contribution >= 4 is 15.9 Å². The summed E-state index contributed by atoms with van der Waals surface area (Å²) in [4.78, 5) is 0. The van der Waals surface area contributed by atoms with Crippen LogP contribution in [0.3, 0.4) is 0 Å². The Morgan fingerprint density at radius 2 is 1.75 bits per heavy atom. The Morgan fingerprint density at radius 1 is 1.10 bits per heavy atom. The molecule has 0 spiro atoms. The van der Waals surface area contributed by atoms with E-state index in [4.69, 9.17) is 5.84 Å². The predicted molar refractivity (Wildman–Crippen MR) is 74.4 cm³/mol. The number of benzene rings is 2. The van der Waals surface area contributed by atoms with Crippen molar-refractivity contribution in [3.05, 3.63) is 68.9 Å². The molecule has 1 unspecified atom stereocenters. The Bertz CT molecular complexity index is 647. The van der Waals surface area contributed by atoms with Gasteiger partial charge in [-0.2, -0.15) is 0 Å². The Kier molecular flexibility index (Phi) is 4.47. The SMILES string of the molecule is Cc1ccc(F)c(C(NN)c2c(F)ccc(Br)c2F)c1. The molecule has 106 valence electrons. The van der Waals surface area contributed by atoms with Crippen molar-refractivity contribution in [3.63, 3.8) is 0 Å². The number of halogens is 4. The van der Waals surface area contributed by atoms with E-state index in [2.05, 4.69) is 21.4 Å². The summed E-state index contributed by atoms with van der Waals surface area (Å²) in [6.07, 6.45) is 0. The highest BCUT2D eigenvalue weighted by molar-refractivity contribution is 9.10. The summed E-state index contributed by atoms with van der Waals surface area (Å²) in [5, 5.41) is 0. The summed E-state index contributed by atoms with van der Waals surface area (Å²) < 4.78 is 42.0. The van der Waals surface area contributed by atoms with E-state index in [1.165, 1.54) is 18.2 Å². The predicted octanol–water partition coefficient (Wildman–Crippen LogP) is 3.73. The molecule has 0 amide bonds. The molecule has 0 saturated heterocycles. The largest absolute Gasteiger partial charge is 0.271 e. The Labute approximate surface area is 122 Å². The van der Waals surface area contributed by atoms with E-state index in [9.17, 15) is 13.2 Å². The van der Waals surface area contributed by atoms with Gasteiger partial charge in [-0.15, -0.1) is 0 Å². The second-order valence-corrected chi connectivity index (χ2v) is 5.24. The van der Waals surface area contributed by atoms with Gasteiger partial charge in [0.2, 0.25) is 0 Å². The maximum Gasteiger partial charge on any atom is 0.145 e. The molecule has 0 aliphatic heterocycles. The van der Waals surface area contributed by atoms with Crippen molar-refractivity contribution in [2.24, 2.45) is 5.84 Å². The van der Waals surface area contributed by atoms with Gasteiger partial charge in [0.05, 0.1) is 10.5 Å². The maximum absolute atomic E-state index is 14.1. The van der Waals surface area contributed by atoms with Gasteiger partial charge in [0, 0.05) is 11.1 Å². The molecule has 1 atom stereocenters. The summed E-state index contributed by atoms with van der Waals surface area (Å²) in [7, 11) is 0. The van der Waals surface area contributed by atoms with E-state index in [-0.39, 0.29) is 15.6 Å². The van der Waals surface area contributed by atoms with Gasteiger partial charge in [-0.1, -0.05) is 17.7 Å². The van der Waals surface area contributed by atoms with Gasteiger partial charge in [0.15, 0.2) is 0 Å². The minimum absolute atomic E-state index is 0.0854. The lowest BCUT2D eigenvalue weighted by Gasteiger charge is -2.20. The average Bonchev–Trinajstić information content (AvgIpc) is 2.42. The Balaban J connectivity index is 2.64. The smallest absolute Gasteiger partial charge is 0.145 e. The molecule has 2 nitrogen and oxygen atoms in total. The fraction of sp³-hybridized carbons (Fsp3) is 0.143. The zero-order valence-corrected chi connectivity index (χ0v) is 12.1. The molecule has 0 aromatic heterocycles. The van der Waals surface area contributed by atoms with E-state index in [1.807, 2.05) is 0 Å². The van der Waals surface area contributed by atoms with Crippen LogP contribution in [0.15, 0.2) is 34.8 Å². The van der Waals surface area contributed by atoms with E-state index < -0.39 is 23.5 Å². The molecule has 2 aromatic rings. The maximum atomic E-state index is 14.1. The lowest BCUT2D eigenvalue weighted by molar-refractivity contribution is 0.493. The zero-order valence-electron chi connectivity index (χ0n) is 10.6. The molecule has 0 aliphatic rings. The fourth-order valence-corrected chi connectivity index (χ4v) is 2.37. The number of hydrogen-bond acceptors (Lipinski definition) is 2. The molecule has 20 heavy (non-hydrogen) atoms. The molecule has 0 heterocycles. The van der Waals surface area contributed by atoms with Gasteiger partial charge in [-0.25, -0.2) is 18.6 Å². The highest BCUT2D eigenvalue weighted by atomic mass is 79.9. The molecule has 0 radical (unpaired) electrons. The summed E-state index contributed by atoms with van der Waals surface area (Å²) >= 11 is 2.98. The van der Waals surface area contributed by atoms with Gasteiger partial charge in [-0.05, 0) is 41.1 Å². The fourth-order valence-electron chi connectivity index (χ4n) is 2.02. The first-order chi connectivity index (χ1) is 9.45. The third-order valence-corrected chi connectivity index (χ3v) is 3.61. The number of hydrazine groups is 1. The summed E-state index contributed by atoms with van der Waals surface area (Å²) in [6, 6.07) is 5.53. The quantitative estimate of drug-likeness (QED) is 0.505. The standard InChI is InChI=1S/C14H12BrF3N2/c1-7-2-4-10(16)8(6-7)14(20-19)12-11(17)5-3-9(15)13(12)18/h2-6,14,20H,19H2,1H3. The molecule has 0 saturated carbocycles. The third kappa shape index (κ3) is 2.72. The molecule has 0 fully saturated rings. The number of nitrogens with two attached hydrogens (primary N) is 1. The summed E-state index contributed by atoms with van der Waals surface area (Å²) in [5.41, 5.74) is 2.79. The lowest BCUT2D eigenvalue weighted by atomic mass is 9.96. The molecule has 2 aromatic carbocycles. The van der Waals surface area contributed by atoms with Gasteiger partial charge in [-0.3, -0.25) is 5.84 Å². The Morgan fingerprint density at radius 3 is 2.40 bits per heavy atom. The van der Waals surface area contributed by atoms with Gasteiger partial charge in [0.25, 0.3) is 0 Å². The van der Waals surface area contributed by atoms with Crippen molar-refractivity contribution in [1.29, 1.82) is 0 Å².